The summed E-state index contributed by atoms with van der Waals surface area (Å²) in [6, 6.07) is 11.1. The topological polar surface area (TPSA) is 102 Å². The zero-order valence-electron chi connectivity index (χ0n) is 12.0. The van der Waals surface area contributed by atoms with Crippen molar-refractivity contribution in [2.45, 2.75) is 0 Å². The minimum Gasteiger partial charge on any atom is -0.502 e. The largest absolute Gasteiger partial charge is 0.502 e. The number of nitrogens with zero attached hydrogens (tertiary/aromatic N) is 2. The van der Waals surface area contributed by atoms with Crippen LogP contribution in [0.15, 0.2) is 57.7 Å². The first-order valence-electron chi connectivity index (χ1n) is 6.71. The number of para-hydroxylation sites is 1. The third-order valence-electron chi connectivity index (χ3n) is 3.37. The molecule has 0 saturated heterocycles. The molecule has 0 spiro atoms. The molecule has 24 heavy (non-hydrogen) atoms. The van der Waals surface area contributed by atoms with E-state index in [1.807, 2.05) is 6.07 Å². The van der Waals surface area contributed by atoms with Gasteiger partial charge in [0.05, 0.1) is 10.5 Å². The lowest BCUT2D eigenvalue weighted by molar-refractivity contribution is -0.385. The number of benzene rings is 2. The second-order valence-corrected chi connectivity index (χ2v) is 5.68. The average molecular weight is 389 g/mol. The molecule has 7 nitrogen and oxygen atoms in total. The van der Waals surface area contributed by atoms with Gasteiger partial charge < -0.3 is 9.94 Å². The minimum atomic E-state index is -0.702. The quantitative estimate of drug-likeness (QED) is 0.375. The van der Waals surface area contributed by atoms with Gasteiger partial charge in [-0.1, -0.05) is 51.4 Å². The highest BCUT2D eigenvalue weighted by molar-refractivity contribution is 9.10. The lowest BCUT2D eigenvalue weighted by Gasteiger charge is -2.04. The predicted octanol–water partition coefficient (Wildman–Crippen LogP) is 3.41. The Labute approximate surface area is 144 Å². The Morgan fingerprint density at radius 1 is 1.21 bits per heavy atom. The molecule has 2 aromatic carbocycles. The summed E-state index contributed by atoms with van der Waals surface area (Å²) in [7, 11) is 0. The van der Waals surface area contributed by atoms with E-state index in [9.17, 15) is 20.0 Å². The lowest BCUT2D eigenvalue weighted by Crippen LogP contribution is -2.07. The second kappa shape index (κ2) is 6.25. The van der Waals surface area contributed by atoms with Gasteiger partial charge >= 0.3 is 11.7 Å². The molecule has 0 atom stereocenters. The van der Waals surface area contributed by atoms with E-state index in [0.717, 1.165) is 0 Å². The van der Waals surface area contributed by atoms with Crippen molar-refractivity contribution in [1.82, 2.24) is 0 Å². The fourth-order valence-electron chi connectivity index (χ4n) is 2.22. The Kier molecular flexibility index (Phi) is 4.13. The van der Waals surface area contributed by atoms with Crippen molar-refractivity contribution >= 4 is 39.4 Å². The van der Waals surface area contributed by atoms with E-state index < -0.39 is 22.3 Å². The molecule has 1 N–H and O–H groups in total. The summed E-state index contributed by atoms with van der Waals surface area (Å²) in [5, 5.41) is 24.7. The molecule has 1 aliphatic heterocycles. The van der Waals surface area contributed by atoms with Gasteiger partial charge in [0, 0.05) is 21.7 Å². The number of nitro benzene ring substituents is 1. The second-order valence-electron chi connectivity index (χ2n) is 4.83. The molecule has 0 radical (unpaired) electrons. The first-order valence-corrected chi connectivity index (χ1v) is 7.51. The Bertz CT molecular complexity index is 920. The fraction of sp³-hybridized carbons (Fsp3) is 0. The van der Waals surface area contributed by atoms with Crippen LogP contribution in [0.2, 0.25) is 0 Å². The number of aromatic hydroxyl groups is 1. The number of phenols is 1. The Hall–Kier alpha value is -3.00. The summed E-state index contributed by atoms with van der Waals surface area (Å²) in [6.45, 7) is 0. The van der Waals surface area contributed by atoms with Crippen LogP contribution in [0.5, 0.6) is 5.75 Å². The van der Waals surface area contributed by atoms with Crippen molar-refractivity contribution in [3.05, 3.63) is 73.8 Å². The van der Waals surface area contributed by atoms with Crippen LogP contribution in [0.1, 0.15) is 11.1 Å². The van der Waals surface area contributed by atoms with Crippen LogP contribution in [-0.4, -0.2) is 21.7 Å². The molecular formula is C16H9BrN2O5. The van der Waals surface area contributed by atoms with Crippen molar-refractivity contribution in [3.8, 4) is 5.75 Å². The van der Waals surface area contributed by atoms with Crippen molar-refractivity contribution in [2.75, 3.05) is 0 Å². The summed E-state index contributed by atoms with van der Waals surface area (Å²) < 4.78 is 0.705. The van der Waals surface area contributed by atoms with E-state index in [0.29, 0.717) is 10.0 Å². The molecule has 0 amide bonds. The number of phenolic OH excluding ortho intramolecular Hbond substituents is 1. The summed E-state index contributed by atoms with van der Waals surface area (Å²) in [4.78, 5) is 26.9. The molecule has 0 fully saturated rings. The van der Waals surface area contributed by atoms with Crippen LogP contribution < -0.4 is 0 Å². The third kappa shape index (κ3) is 2.79. The Balaban J connectivity index is 2.11. The van der Waals surface area contributed by atoms with Crippen molar-refractivity contribution in [1.29, 1.82) is 0 Å². The van der Waals surface area contributed by atoms with E-state index >= 15 is 0 Å². The SMILES string of the molecule is O=C1ON=C(c2ccccc2Br)C1=Cc1cccc([N+](=O)[O-])c1O. The van der Waals surface area contributed by atoms with Crippen molar-refractivity contribution in [2.24, 2.45) is 5.16 Å². The molecule has 1 aliphatic rings. The summed E-state index contributed by atoms with van der Waals surface area (Å²) in [5.74, 6) is -1.23. The van der Waals surface area contributed by atoms with Crippen molar-refractivity contribution < 1.29 is 19.7 Å². The van der Waals surface area contributed by atoms with E-state index in [4.69, 9.17) is 4.84 Å². The van der Waals surface area contributed by atoms with Gasteiger partial charge in [0.15, 0.2) is 0 Å². The van der Waals surface area contributed by atoms with E-state index in [2.05, 4.69) is 21.1 Å². The number of hydrogen-bond donors (Lipinski definition) is 1. The number of hydrogen-bond acceptors (Lipinski definition) is 6. The minimum absolute atomic E-state index is 0.0951. The molecule has 1 heterocycles. The Morgan fingerprint density at radius 2 is 1.96 bits per heavy atom. The number of rotatable bonds is 3. The lowest BCUT2D eigenvalue weighted by atomic mass is 10.00. The molecule has 0 aromatic heterocycles. The van der Waals surface area contributed by atoms with Gasteiger partial charge in [-0.25, -0.2) is 4.79 Å². The maximum atomic E-state index is 12.0. The van der Waals surface area contributed by atoms with Gasteiger partial charge in [-0.15, -0.1) is 0 Å². The van der Waals surface area contributed by atoms with Crippen LogP contribution in [0.4, 0.5) is 5.69 Å². The zero-order chi connectivity index (χ0) is 17.3. The predicted molar refractivity (Wildman–Crippen MR) is 89.5 cm³/mol. The number of halogens is 1. The fourth-order valence-corrected chi connectivity index (χ4v) is 2.70. The van der Waals surface area contributed by atoms with Gasteiger partial charge in [0.1, 0.15) is 5.71 Å². The van der Waals surface area contributed by atoms with E-state index in [-0.39, 0.29) is 16.8 Å². The number of nitro groups is 1. The van der Waals surface area contributed by atoms with Crippen LogP contribution >= 0.6 is 15.9 Å². The number of oxime groups is 1. The standard InChI is InChI=1S/C16H9BrN2O5/c17-12-6-2-1-5-10(12)14-11(16(21)24-18-14)8-9-4-3-7-13(15(9)20)19(22)23/h1-8,20H. The van der Waals surface area contributed by atoms with E-state index in [1.54, 1.807) is 18.2 Å². The van der Waals surface area contributed by atoms with Gasteiger partial charge in [-0.3, -0.25) is 10.1 Å². The number of carbonyl (C=O) groups excluding carboxylic acids is 1. The van der Waals surface area contributed by atoms with Gasteiger partial charge in [0.2, 0.25) is 5.75 Å². The van der Waals surface area contributed by atoms with Crippen LogP contribution in [0.25, 0.3) is 6.08 Å². The molecule has 2 aromatic rings. The van der Waals surface area contributed by atoms with Gasteiger partial charge in [-0.05, 0) is 12.1 Å². The highest BCUT2D eigenvalue weighted by atomic mass is 79.9. The molecular weight excluding hydrogens is 380 g/mol. The Morgan fingerprint density at radius 3 is 2.67 bits per heavy atom. The molecule has 0 aliphatic carbocycles. The third-order valence-corrected chi connectivity index (χ3v) is 4.06. The van der Waals surface area contributed by atoms with Crippen LogP contribution in [-0.2, 0) is 9.63 Å². The summed E-state index contributed by atoms with van der Waals surface area (Å²) in [5.41, 5.74) is 0.670. The average Bonchev–Trinajstić information content (AvgIpc) is 2.90. The summed E-state index contributed by atoms with van der Waals surface area (Å²) >= 11 is 3.37. The summed E-state index contributed by atoms with van der Waals surface area (Å²) in [6.07, 6.45) is 1.32. The highest BCUT2D eigenvalue weighted by Gasteiger charge is 2.29. The molecule has 120 valence electrons. The van der Waals surface area contributed by atoms with Crippen LogP contribution in [0, 0.1) is 10.1 Å². The first-order chi connectivity index (χ1) is 11.5. The van der Waals surface area contributed by atoms with E-state index in [1.165, 1.54) is 24.3 Å². The molecule has 3 rings (SSSR count). The first kappa shape index (κ1) is 15.9. The number of carbonyl (C=O) groups is 1. The maximum Gasteiger partial charge on any atom is 0.368 e. The molecule has 0 bridgehead atoms. The van der Waals surface area contributed by atoms with Gasteiger partial charge in [0.25, 0.3) is 0 Å². The maximum absolute atomic E-state index is 12.0. The zero-order valence-corrected chi connectivity index (χ0v) is 13.6. The van der Waals surface area contributed by atoms with Gasteiger partial charge in [-0.2, -0.15) is 0 Å². The monoisotopic (exact) mass is 388 g/mol. The smallest absolute Gasteiger partial charge is 0.368 e. The molecule has 0 unspecified atom stereocenters. The highest BCUT2D eigenvalue weighted by Crippen LogP contribution is 2.33. The normalized spacial score (nSPS) is 15.3. The molecule has 0 saturated carbocycles. The van der Waals surface area contributed by atoms with Crippen LogP contribution in [0.3, 0.4) is 0 Å². The molecule has 8 heteroatoms. The van der Waals surface area contributed by atoms with Crippen molar-refractivity contribution in [3.63, 3.8) is 0 Å².